The number of hydrogen-bond donors (Lipinski definition) is 0. The van der Waals surface area contributed by atoms with Crippen molar-refractivity contribution < 1.29 is 4.57 Å². The summed E-state index contributed by atoms with van der Waals surface area (Å²) in [5.74, 6) is 0. The van der Waals surface area contributed by atoms with E-state index in [9.17, 15) is 0 Å². The van der Waals surface area contributed by atoms with Crippen LogP contribution in [-0.2, 0) is 7.05 Å². The maximum Gasteiger partial charge on any atom is 0.269 e. The van der Waals surface area contributed by atoms with E-state index < -0.39 is 8.07 Å². The van der Waals surface area contributed by atoms with E-state index in [-0.39, 0.29) is 0 Å². The predicted octanol–water partition coefficient (Wildman–Crippen LogP) is 3.91. The average Bonchev–Trinajstić information content (AvgIpc) is 3.33. The molecule has 0 bridgehead atoms. The molecule has 0 fully saturated rings. The summed E-state index contributed by atoms with van der Waals surface area (Å²) in [7, 11) is -0.145. The van der Waals surface area contributed by atoms with Gasteiger partial charge in [-0.05, 0) is 40.2 Å². The van der Waals surface area contributed by atoms with Gasteiger partial charge in [-0.25, -0.2) is 0 Å². The highest BCUT2D eigenvalue weighted by molar-refractivity contribution is 7.39. The van der Waals surface area contributed by atoms with E-state index in [1.807, 2.05) is 11.3 Å². The van der Waals surface area contributed by atoms with Crippen LogP contribution in [0.25, 0.3) is 21.8 Å². The van der Waals surface area contributed by atoms with E-state index in [4.69, 9.17) is 0 Å². The summed E-state index contributed by atoms with van der Waals surface area (Å²) in [6.07, 6.45) is 0. The minimum Gasteiger partial charge on any atom is -0.184 e. The van der Waals surface area contributed by atoms with Crippen LogP contribution < -0.4 is 24.6 Å². The highest BCUT2D eigenvalue weighted by atomic mass is 32.1. The molecule has 4 aromatic carbocycles. The fourth-order valence-electron chi connectivity index (χ4n) is 5.33. The van der Waals surface area contributed by atoms with Crippen molar-refractivity contribution in [2.24, 2.45) is 7.05 Å². The summed E-state index contributed by atoms with van der Waals surface area (Å²) in [4.78, 5) is 0. The van der Waals surface area contributed by atoms with E-state index in [1.54, 1.807) is 0 Å². The summed E-state index contributed by atoms with van der Waals surface area (Å²) >= 11 is 1.99. The Kier molecular flexibility index (Phi) is 4.49. The van der Waals surface area contributed by atoms with Gasteiger partial charge < -0.3 is 0 Å². The first-order chi connectivity index (χ1) is 15.7. The molecule has 1 aliphatic heterocycles. The SMILES string of the molecule is Cc1ccccc1-c1sc2c([n+]1C)-c1ccccc1[Si]2(c1ccccc1)c1ccccc1. The van der Waals surface area contributed by atoms with Gasteiger partial charge in [-0.3, -0.25) is 0 Å². The minimum absolute atomic E-state index is 1.32. The molecule has 154 valence electrons. The van der Waals surface area contributed by atoms with E-state index in [0.29, 0.717) is 0 Å². The van der Waals surface area contributed by atoms with Gasteiger partial charge in [0.25, 0.3) is 5.01 Å². The van der Waals surface area contributed by atoms with Crippen LogP contribution >= 0.6 is 11.3 Å². The second kappa shape index (κ2) is 7.40. The third-order valence-corrected chi connectivity index (χ3v) is 13.6. The van der Waals surface area contributed by atoms with Crippen LogP contribution in [0.2, 0.25) is 0 Å². The first kappa shape index (κ1) is 19.4. The number of rotatable bonds is 3. The molecule has 0 saturated heterocycles. The molecule has 1 nitrogen and oxygen atoms in total. The molecule has 0 spiro atoms. The van der Waals surface area contributed by atoms with Gasteiger partial charge in [0, 0.05) is 5.56 Å². The van der Waals surface area contributed by atoms with Crippen molar-refractivity contribution in [2.75, 3.05) is 0 Å². The Bertz CT molecular complexity index is 1400. The molecular weight excluding hydrogens is 422 g/mol. The Hall–Kier alpha value is -3.27. The number of aromatic nitrogens is 1. The van der Waals surface area contributed by atoms with Crippen LogP contribution in [0.1, 0.15) is 5.56 Å². The lowest BCUT2D eigenvalue weighted by atomic mass is 10.1. The van der Waals surface area contributed by atoms with Crippen molar-refractivity contribution in [1.29, 1.82) is 0 Å². The van der Waals surface area contributed by atoms with Gasteiger partial charge in [0.05, 0.1) is 10.1 Å². The molecule has 5 aromatic rings. The van der Waals surface area contributed by atoms with Gasteiger partial charge in [0.2, 0.25) is 13.8 Å². The first-order valence-electron chi connectivity index (χ1n) is 11.0. The Morgan fingerprint density at radius 2 is 1.16 bits per heavy atom. The van der Waals surface area contributed by atoms with Gasteiger partial charge in [-0.15, -0.1) is 0 Å². The van der Waals surface area contributed by atoms with Crippen molar-refractivity contribution in [1.82, 2.24) is 0 Å². The van der Waals surface area contributed by atoms with E-state index in [1.165, 1.54) is 47.5 Å². The van der Waals surface area contributed by atoms with Crippen LogP contribution in [0.15, 0.2) is 109 Å². The molecule has 0 radical (unpaired) electrons. The number of aryl methyl sites for hydroxylation is 1. The lowest BCUT2D eigenvalue weighted by molar-refractivity contribution is -0.644. The second-order valence-electron chi connectivity index (χ2n) is 8.49. The largest absolute Gasteiger partial charge is 0.269 e. The smallest absolute Gasteiger partial charge is 0.184 e. The molecule has 6 rings (SSSR count). The van der Waals surface area contributed by atoms with Crippen molar-refractivity contribution in [3.63, 3.8) is 0 Å². The summed E-state index contributed by atoms with van der Waals surface area (Å²) in [6, 6.07) is 40.3. The standard InChI is InChI=1S/C29H24NSSi/c1-21-13-9-10-18-24(21)28-30(2)27-25-19-11-12-20-26(25)32(29(27)31-28,22-14-5-3-6-15-22)23-16-7-4-8-17-23/h3-20H,1-2H3/q+1. The van der Waals surface area contributed by atoms with Gasteiger partial charge in [0.1, 0.15) is 7.05 Å². The lowest BCUT2D eigenvalue weighted by Gasteiger charge is -2.28. The van der Waals surface area contributed by atoms with Crippen LogP contribution in [0.4, 0.5) is 0 Å². The normalized spacial score (nSPS) is 13.6. The molecule has 0 atom stereocenters. The summed E-state index contributed by atoms with van der Waals surface area (Å²) in [6.45, 7) is 2.22. The quantitative estimate of drug-likeness (QED) is 0.287. The molecule has 2 heterocycles. The predicted molar refractivity (Wildman–Crippen MR) is 138 cm³/mol. The Morgan fingerprint density at radius 1 is 0.625 bits per heavy atom. The third kappa shape index (κ3) is 2.58. The van der Waals surface area contributed by atoms with Gasteiger partial charge in [-0.1, -0.05) is 108 Å². The van der Waals surface area contributed by atoms with Crippen LogP contribution in [0.5, 0.6) is 0 Å². The monoisotopic (exact) mass is 446 g/mol. The van der Waals surface area contributed by atoms with Crippen molar-refractivity contribution in [2.45, 2.75) is 6.92 Å². The molecule has 0 N–H and O–H groups in total. The highest BCUT2D eigenvalue weighted by Gasteiger charge is 2.54. The maximum absolute atomic E-state index is 2.45. The van der Waals surface area contributed by atoms with Crippen molar-refractivity contribution in [3.8, 4) is 21.8 Å². The zero-order chi connectivity index (χ0) is 21.7. The summed E-state index contributed by atoms with van der Waals surface area (Å²) < 4.78 is 3.98. The van der Waals surface area contributed by atoms with E-state index in [2.05, 4.69) is 128 Å². The Labute approximate surface area is 194 Å². The molecule has 1 aliphatic rings. The van der Waals surface area contributed by atoms with Crippen molar-refractivity contribution >= 4 is 39.5 Å². The van der Waals surface area contributed by atoms with Gasteiger partial charge in [0.15, 0.2) is 0 Å². The molecule has 0 amide bonds. The number of nitrogens with zero attached hydrogens (tertiary/aromatic N) is 1. The summed E-state index contributed by atoms with van der Waals surface area (Å²) in [5.41, 5.74) is 5.43. The number of hydrogen-bond acceptors (Lipinski definition) is 1. The maximum atomic E-state index is 2.45. The fourth-order valence-corrected chi connectivity index (χ4v) is 13.1. The summed E-state index contributed by atoms with van der Waals surface area (Å²) in [5, 5.41) is 5.75. The zero-order valence-electron chi connectivity index (χ0n) is 18.2. The fraction of sp³-hybridized carbons (Fsp3) is 0.0690. The van der Waals surface area contributed by atoms with Crippen LogP contribution in [-0.4, -0.2) is 8.07 Å². The van der Waals surface area contributed by atoms with Crippen LogP contribution in [0, 0.1) is 6.92 Å². The van der Waals surface area contributed by atoms with Gasteiger partial charge >= 0.3 is 0 Å². The molecule has 0 aliphatic carbocycles. The average molecular weight is 447 g/mol. The second-order valence-corrected chi connectivity index (χ2v) is 13.5. The third-order valence-electron chi connectivity index (χ3n) is 6.77. The molecule has 1 aromatic heterocycles. The Morgan fingerprint density at radius 3 is 1.78 bits per heavy atom. The molecular formula is C29H24NSSi+. The van der Waals surface area contributed by atoms with E-state index >= 15 is 0 Å². The lowest BCUT2D eigenvalue weighted by Crippen LogP contribution is -2.72. The topological polar surface area (TPSA) is 3.88 Å². The first-order valence-corrected chi connectivity index (χ1v) is 13.8. The van der Waals surface area contributed by atoms with Crippen molar-refractivity contribution in [3.05, 3.63) is 115 Å². The number of fused-ring (bicyclic) bond motifs is 3. The highest BCUT2D eigenvalue weighted by Crippen LogP contribution is 2.34. The van der Waals surface area contributed by atoms with Crippen LogP contribution in [0.3, 0.4) is 0 Å². The number of thiazole rings is 1. The zero-order valence-corrected chi connectivity index (χ0v) is 20.1. The molecule has 32 heavy (non-hydrogen) atoms. The number of benzene rings is 4. The Balaban J connectivity index is 1.77. The van der Waals surface area contributed by atoms with Gasteiger partial charge in [-0.2, -0.15) is 4.57 Å². The van der Waals surface area contributed by atoms with E-state index in [0.717, 1.165) is 0 Å². The molecule has 0 saturated carbocycles. The molecule has 0 unspecified atom stereocenters. The molecule has 3 heteroatoms. The minimum atomic E-state index is -2.39.